The van der Waals surface area contributed by atoms with Gasteiger partial charge in [0.2, 0.25) is 0 Å². The van der Waals surface area contributed by atoms with Gasteiger partial charge in [-0.15, -0.1) is 0 Å². The maximum atomic E-state index is 13.0. The Bertz CT molecular complexity index is 347. The number of allylic oxidation sites excluding steroid dienone is 1. The maximum Gasteiger partial charge on any atom is 0.124 e. The second-order valence-electron chi connectivity index (χ2n) is 3.35. The van der Waals surface area contributed by atoms with Gasteiger partial charge in [0.05, 0.1) is 0 Å². The Morgan fingerprint density at radius 3 is 2.87 bits per heavy atom. The van der Waals surface area contributed by atoms with E-state index in [0.29, 0.717) is 17.9 Å². The lowest BCUT2D eigenvalue weighted by Gasteiger charge is -2.12. The Kier molecular flexibility index (Phi) is 4.31. The molecule has 0 spiro atoms. The van der Waals surface area contributed by atoms with Gasteiger partial charge in [0.1, 0.15) is 18.2 Å². The van der Waals surface area contributed by atoms with Crippen molar-refractivity contribution in [2.45, 2.75) is 19.9 Å². The normalized spacial score (nSPS) is 13.1. The molecule has 0 heterocycles. The molecule has 1 rings (SSSR count). The van der Waals surface area contributed by atoms with Gasteiger partial charge in [-0.05, 0) is 32.0 Å². The van der Waals surface area contributed by atoms with E-state index in [0.717, 1.165) is 0 Å². The number of hydrogen-bond acceptors (Lipinski definition) is 2. The summed E-state index contributed by atoms with van der Waals surface area (Å²) < 4.78 is 18.4. The molecular weight excluding hydrogens is 193 g/mol. The first-order valence-corrected chi connectivity index (χ1v) is 4.94. The molecule has 2 nitrogen and oxygen atoms in total. The molecule has 3 heteroatoms. The van der Waals surface area contributed by atoms with Gasteiger partial charge in [-0.2, -0.15) is 0 Å². The first kappa shape index (κ1) is 11.7. The molecule has 0 saturated carbocycles. The van der Waals surface area contributed by atoms with Crippen LogP contribution in [-0.4, -0.2) is 6.61 Å². The Labute approximate surface area is 89.6 Å². The lowest BCUT2D eigenvalue weighted by molar-refractivity contribution is 0.355. The fourth-order valence-corrected chi connectivity index (χ4v) is 1.24. The molecule has 0 fully saturated rings. The highest BCUT2D eigenvalue weighted by Crippen LogP contribution is 2.24. The number of halogens is 1. The molecule has 2 N–H and O–H groups in total. The van der Waals surface area contributed by atoms with E-state index >= 15 is 0 Å². The second kappa shape index (κ2) is 5.51. The molecule has 1 atom stereocenters. The molecular formula is C12H16FNO. The van der Waals surface area contributed by atoms with Crippen LogP contribution in [0.1, 0.15) is 25.5 Å². The highest BCUT2D eigenvalue weighted by atomic mass is 19.1. The van der Waals surface area contributed by atoms with Crippen LogP contribution >= 0.6 is 0 Å². The summed E-state index contributed by atoms with van der Waals surface area (Å²) in [6, 6.07) is 4.16. The average molecular weight is 209 g/mol. The van der Waals surface area contributed by atoms with Crippen molar-refractivity contribution in [3.8, 4) is 5.75 Å². The average Bonchev–Trinajstić information content (AvgIpc) is 2.20. The minimum absolute atomic E-state index is 0.235. The second-order valence-corrected chi connectivity index (χ2v) is 3.35. The number of hydrogen-bond donors (Lipinski definition) is 1. The third kappa shape index (κ3) is 3.36. The number of rotatable bonds is 4. The SMILES string of the molecule is CC=CCOc1ccc(F)cc1[C@@H](C)N. The van der Waals surface area contributed by atoms with Crippen molar-refractivity contribution < 1.29 is 9.13 Å². The van der Waals surface area contributed by atoms with E-state index in [1.54, 1.807) is 13.0 Å². The van der Waals surface area contributed by atoms with Gasteiger partial charge < -0.3 is 10.5 Å². The topological polar surface area (TPSA) is 35.2 Å². The molecule has 0 unspecified atom stereocenters. The van der Waals surface area contributed by atoms with Crippen molar-refractivity contribution in [1.29, 1.82) is 0 Å². The van der Waals surface area contributed by atoms with E-state index < -0.39 is 0 Å². The molecule has 0 bridgehead atoms. The fraction of sp³-hybridized carbons (Fsp3) is 0.333. The van der Waals surface area contributed by atoms with Crippen LogP contribution in [0.25, 0.3) is 0 Å². The van der Waals surface area contributed by atoms with E-state index in [-0.39, 0.29) is 11.9 Å². The molecule has 0 amide bonds. The van der Waals surface area contributed by atoms with Gasteiger partial charge in [-0.25, -0.2) is 4.39 Å². The zero-order valence-corrected chi connectivity index (χ0v) is 9.03. The Balaban J connectivity index is 2.85. The third-order valence-electron chi connectivity index (χ3n) is 2.03. The highest BCUT2D eigenvalue weighted by Gasteiger charge is 2.08. The first-order chi connectivity index (χ1) is 7.15. The summed E-state index contributed by atoms with van der Waals surface area (Å²) in [6.07, 6.45) is 3.78. The van der Waals surface area contributed by atoms with Gasteiger partial charge in [0.25, 0.3) is 0 Å². The molecule has 1 aromatic carbocycles. The number of nitrogens with two attached hydrogens (primary N) is 1. The molecule has 82 valence electrons. The molecule has 0 aromatic heterocycles. The van der Waals surface area contributed by atoms with E-state index in [1.807, 2.05) is 19.1 Å². The number of benzene rings is 1. The van der Waals surface area contributed by atoms with Gasteiger partial charge >= 0.3 is 0 Å². The van der Waals surface area contributed by atoms with Gasteiger partial charge in [-0.1, -0.05) is 12.2 Å². The summed E-state index contributed by atoms with van der Waals surface area (Å²) in [5.74, 6) is 0.352. The monoisotopic (exact) mass is 209 g/mol. The molecule has 0 aliphatic rings. The highest BCUT2D eigenvalue weighted by molar-refractivity contribution is 5.36. The standard InChI is InChI=1S/C12H16FNO/c1-3-4-7-15-12-6-5-10(13)8-11(12)9(2)14/h3-6,8-9H,7,14H2,1-2H3/t9-/m1/s1. The quantitative estimate of drug-likeness (QED) is 0.774. The smallest absolute Gasteiger partial charge is 0.124 e. The molecule has 0 aliphatic heterocycles. The summed E-state index contributed by atoms with van der Waals surface area (Å²) in [4.78, 5) is 0. The van der Waals surface area contributed by atoms with E-state index in [1.165, 1.54) is 12.1 Å². The summed E-state index contributed by atoms with van der Waals surface area (Å²) in [5.41, 5.74) is 6.42. The molecule has 1 aromatic rings. The van der Waals surface area contributed by atoms with Crippen LogP contribution in [0.3, 0.4) is 0 Å². The van der Waals surface area contributed by atoms with Crippen LogP contribution < -0.4 is 10.5 Å². The van der Waals surface area contributed by atoms with Crippen LogP contribution in [0, 0.1) is 5.82 Å². The van der Waals surface area contributed by atoms with Crippen LogP contribution in [-0.2, 0) is 0 Å². The van der Waals surface area contributed by atoms with Crippen molar-refractivity contribution in [2.24, 2.45) is 5.73 Å². The van der Waals surface area contributed by atoms with Crippen molar-refractivity contribution in [1.82, 2.24) is 0 Å². The van der Waals surface area contributed by atoms with Crippen LogP contribution in [0.4, 0.5) is 4.39 Å². The van der Waals surface area contributed by atoms with Gasteiger partial charge in [0.15, 0.2) is 0 Å². The van der Waals surface area contributed by atoms with Crippen molar-refractivity contribution in [3.63, 3.8) is 0 Å². The van der Waals surface area contributed by atoms with Crippen LogP contribution in [0.2, 0.25) is 0 Å². The number of ether oxygens (including phenoxy) is 1. The first-order valence-electron chi connectivity index (χ1n) is 4.94. The summed E-state index contributed by atoms with van der Waals surface area (Å²) in [5, 5.41) is 0. The minimum atomic E-state index is -0.291. The van der Waals surface area contributed by atoms with Crippen LogP contribution in [0.15, 0.2) is 30.4 Å². The summed E-state index contributed by atoms with van der Waals surface area (Å²) >= 11 is 0. The van der Waals surface area contributed by atoms with Crippen molar-refractivity contribution >= 4 is 0 Å². The minimum Gasteiger partial charge on any atom is -0.489 e. The molecule has 0 radical (unpaired) electrons. The van der Waals surface area contributed by atoms with Gasteiger partial charge in [0, 0.05) is 11.6 Å². The van der Waals surface area contributed by atoms with E-state index in [4.69, 9.17) is 10.5 Å². The lowest BCUT2D eigenvalue weighted by Crippen LogP contribution is -2.08. The van der Waals surface area contributed by atoms with E-state index in [9.17, 15) is 4.39 Å². The van der Waals surface area contributed by atoms with Gasteiger partial charge in [-0.3, -0.25) is 0 Å². The van der Waals surface area contributed by atoms with Crippen molar-refractivity contribution in [2.75, 3.05) is 6.61 Å². The Morgan fingerprint density at radius 2 is 2.27 bits per heavy atom. The summed E-state index contributed by atoms with van der Waals surface area (Å²) in [6.45, 7) is 4.19. The fourth-order valence-electron chi connectivity index (χ4n) is 1.24. The third-order valence-corrected chi connectivity index (χ3v) is 2.03. The Hall–Kier alpha value is -1.35. The zero-order chi connectivity index (χ0) is 11.3. The predicted molar refractivity (Wildman–Crippen MR) is 59.3 cm³/mol. The lowest BCUT2D eigenvalue weighted by atomic mass is 10.1. The Morgan fingerprint density at radius 1 is 1.53 bits per heavy atom. The predicted octanol–water partition coefficient (Wildman–Crippen LogP) is 2.80. The molecule has 0 saturated heterocycles. The van der Waals surface area contributed by atoms with Crippen LogP contribution in [0.5, 0.6) is 5.75 Å². The van der Waals surface area contributed by atoms with Crippen molar-refractivity contribution in [3.05, 3.63) is 41.7 Å². The maximum absolute atomic E-state index is 13.0. The summed E-state index contributed by atoms with van der Waals surface area (Å²) in [7, 11) is 0. The van der Waals surface area contributed by atoms with E-state index in [2.05, 4.69) is 0 Å². The molecule has 0 aliphatic carbocycles. The largest absolute Gasteiger partial charge is 0.489 e. The molecule has 15 heavy (non-hydrogen) atoms. The zero-order valence-electron chi connectivity index (χ0n) is 9.03.